The highest BCUT2D eigenvalue weighted by molar-refractivity contribution is 5.85. The molecule has 0 atom stereocenters. The van der Waals surface area contributed by atoms with E-state index in [4.69, 9.17) is 5.11 Å². The van der Waals surface area contributed by atoms with E-state index in [2.05, 4.69) is 10.7 Å². The van der Waals surface area contributed by atoms with Crippen LogP contribution in [-0.4, -0.2) is 10.9 Å². The summed E-state index contributed by atoms with van der Waals surface area (Å²) in [6, 6.07) is 0. The van der Waals surface area contributed by atoms with Crippen LogP contribution in [0.15, 0.2) is 0 Å². The van der Waals surface area contributed by atoms with Crippen LogP contribution in [0.4, 0.5) is 0 Å². The summed E-state index contributed by atoms with van der Waals surface area (Å²) in [6.07, 6.45) is 0. The van der Waals surface area contributed by atoms with Crippen molar-refractivity contribution in [2.45, 2.75) is 19.6 Å². The fourth-order valence-corrected chi connectivity index (χ4v) is 0. The molecule has 0 heterocycles. The van der Waals surface area contributed by atoms with Gasteiger partial charge in [0.1, 0.15) is 0 Å². The minimum absolute atomic E-state index is 0. The first-order chi connectivity index (χ1) is 2.56. The van der Waals surface area contributed by atoms with Crippen LogP contribution in [0.5, 0.6) is 0 Å². The Morgan fingerprint density at radius 1 is 1.57 bits per heavy atom. The van der Waals surface area contributed by atoms with Gasteiger partial charge in [0.2, 0.25) is 0 Å². The first kappa shape index (κ1) is 10.2. The molecule has 0 aromatic rings. The Morgan fingerprint density at radius 3 is 1.71 bits per heavy atom. The monoisotopic (exact) mass is 127 g/mol. The molecule has 0 saturated heterocycles. The molecule has 0 aromatic carbocycles. The summed E-state index contributed by atoms with van der Waals surface area (Å²) < 4.78 is 0. The molecule has 0 aliphatic rings. The molecular weight excluding hydrogens is 117 g/mol. The molecule has 0 saturated carbocycles. The molecule has 0 amide bonds. The third kappa shape index (κ3) is 10.7. The van der Waals surface area contributed by atoms with Crippen molar-refractivity contribution in [3.8, 4) is 0 Å². The first-order valence-electron chi connectivity index (χ1n) is 1.66. The summed E-state index contributed by atoms with van der Waals surface area (Å²) in [5.41, 5.74) is 0. The molecule has 0 spiro atoms. The predicted octanol–water partition coefficient (Wildman–Crippen LogP) is 0.0269. The molecule has 7 heavy (non-hydrogen) atoms. The topological polar surface area (TPSA) is 55.5 Å². The van der Waals surface area contributed by atoms with Gasteiger partial charge in [-0.1, -0.05) is 0 Å². The summed E-state index contributed by atoms with van der Waals surface area (Å²) in [5, 5.41) is 8.48. The largest absolute Gasteiger partial charge is 0.365 e. The van der Waals surface area contributed by atoms with Crippen LogP contribution in [0.2, 0.25) is 0 Å². The van der Waals surface area contributed by atoms with Gasteiger partial charge in [-0.05, 0) is 13.8 Å². The Morgan fingerprint density at radius 2 is 1.71 bits per heavy atom. The zero-order valence-electron chi connectivity index (χ0n) is 4.34. The molecule has 0 aliphatic heterocycles. The standard InChI is InChI=1S/C3H9NO2.ClH/c1-3(2,5)6-4;/h5H,4H2,1-2H3;1H. The van der Waals surface area contributed by atoms with Crippen molar-refractivity contribution in [2.24, 2.45) is 5.90 Å². The SMILES string of the molecule is CC(C)(O)ON.Cl. The number of halogens is 1. The van der Waals surface area contributed by atoms with Crippen molar-refractivity contribution in [2.75, 3.05) is 0 Å². The zero-order valence-corrected chi connectivity index (χ0v) is 5.16. The number of hydrogen-bond donors (Lipinski definition) is 2. The average molecular weight is 128 g/mol. The lowest BCUT2D eigenvalue weighted by atomic mass is 10.4. The van der Waals surface area contributed by atoms with Gasteiger partial charge in [-0.2, -0.15) is 0 Å². The molecule has 0 bridgehead atoms. The maximum atomic E-state index is 8.48. The van der Waals surface area contributed by atoms with Gasteiger partial charge in [0.05, 0.1) is 0 Å². The van der Waals surface area contributed by atoms with Crippen LogP contribution in [0.3, 0.4) is 0 Å². The predicted molar refractivity (Wildman–Crippen MR) is 28.8 cm³/mol. The van der Waals surface area contributed by atoms with Crippen LogP contribution in [0.1, 0.15) is 13.8 Å². The van der Waals surface area contributed by atoms with Crippen LogP contribution in [0.25, 0.3) is 0 Å². The van der Waals surface area contributed by atoms with E-state index in [1.165, 1.54) is 13.8 Å². The Bertz CT molecular complexity index is 42.7. The molecule has 4 heteroatoms. The number of rotatable bonds is 1. The lowest BCUT2D eigenvalue weighted by Gasteiger charge is -2.11. The molecule has 0 radical (unpaired) electrons. The Hall–Kier alpha value is 0.170. The first-order valence-corrected chi connectivity index (χ1v) is 1.66. The van der Waals surface area contributed by atoms with Gasteiger partial charge in [0.15, 0.2) is 5.79 Å². The number of hydrogen-bond acceptors (Lipinski definition) is 3. The van der Waals surface area contributed by atoms with Crippen LogP contribution in [0, 0.1) is 0 Å². The smallest absolute Gasteiger partial charge is 0.178 e. The summed E-state index contributed by atoms with van der Waals surface area (Å²) in [5.74, 6) is 3.38. The fraction of sp³-hybridized carbons (Fsp3) is 1.00. The van der Waals surface area contributed by atoms with Gasteiger partial charge in [0, 0.05) is 0 Å². The maximum absolute atomic E-state index is 8.48. The molecule has 46 valence electrons. The van der Waals surface area contributed by atoms with Crippen molar-refractivity contribution >= 4 is 12.4 Å². The van der Waals surface area contributed by atoms with Crippen LogP contribution < -0.4 is 5.90 Å². The highest BCUT2D eigenvalue weighted by atomic mass is 35.5. The van der Waals surface area contributed by atoms with Gasteiger partial charge in [-0.3, -0.25) is 4.84 Å². The minimum atomic E-state index is -1.18. The van der Waals surface area contributed by atoms with Gasteiger partial charge in [0.25, 0.3) is 0 Å². The molecular formula is C3H10ClNO2. The zero-order chi connectivity index (χ0) is 5.21. The molecule has 0 fully saturated rings. The number of nitrogens with two attached hydrogens (primary N) is 1. The third-order valence-electron chi connectivity index (χ3n) is 0.288. The molecule has 0 rings (SSSR count). The lowest BCUT2D eigenvalue weighted by molar-refractivity contribution is -0.179. The summed E-state index contributed by atoms with van der Waals surface area (Å²) in [7, 11) is 0. The minimum Gasteiger partial charge on any atom is -0.365 e. The molecule has 0 aromatic heterocycles. The second-order valence-electron chi connectivity index (χ2n) is 1.56. The van der Waals surface area contributed by atoms with E-state index in [-0.39, 0.29) is 12.4 Å². The van der Waals surface area contributed by atoms with Crippen molar-refractivity contribution < 1.29 is 9.94 Å². The molecule has 0 unspecified atom stereocenters. The van der Waals surface area contributed by atoms with Crippen molar-refractivity contribution in [3.05, 3.63) is 0 Å². The van der Waals surface area contributed by atoms with Crippen LogP contribution >= 0.6 is 12.4 Å². The van der Waals surface area contributed by atoms with Crippen LogP contribution in [-0.2, 0) is 4.84 Å². The second-order valence-corrected chi connectivity index (χ2v) is 1.56. The van der Waals surface area contributed by atoms with E-state index in [0.29, 0.717) is 0 Å². The fourth-order valence-electron chi connectivity index (χ4n) is 0. The van der Waals surface area contributed by atoms with E-state index in [1.807, 2.05) is 0 Å². The number of aliphatic hydroxyl groups is 1. The summed E-state index contributed by atoms with van der Waals surface area (Å²) in [6.45, 7) is 2.90. The van der Waals surface area contributed by atoms with Gasteiger partial charge in [-0.15, -0.1) is 12.4 Å². The van der Waals surface area contributed by atoms with Gasteiger partial charge < -0.3 is 5.11 Å². The highest BCUT2D eigenvalue weighted by Crippen LogP contribution is 1.95. The molecule has 3 nitrogen and oxygen atoms in total. The summed E-state index contributed by atoms with van der Waals surface area (Å²) in [4.78, 5) is 3.99. The average Bonchev–Trinajstić information content (AvgIpc) is 1.35. The van der Waals surface area contributed by atoms with E-state index in [1.54, 1.807) is 0 Å². The van der Waals surface area contributed by atoms with E-state index in [9.17, 15) is 0 Å². The Kier molecular flexibility index (Phi) is 4.68. The normalized spacial score (nSPS) is 10.3. The Labute approximate surface area is 48.8 Å². The van der Waals surface area contributed by atoms with Crippen molar-refractivity contribution in [1.29, 1.82) is 0 Å². The van der Waals surface area contributed by atoms with Gasteiger partial charge in [-0.25, -0.2) is 5.90 Å². The van der Waals surface area contributed by atoms with Gasteiger partial charge >= 0.3 is 0 Å². The second kappa shape index (κ2) is 3.21. The highest BCUT2D eigenvalue weighted by Gasteiger charge is 2.08. The van der Waals surface area contributed by atoms with E-state index in [0.717, 1.165) is 0 Å². The van der Waals surface area contributed by atoms with E-state index >= 15 is 0 Å². The van der Waals surface area contributed by atoms with Crippen molar-refractivity contribution in [3.63, 3.8) is 0 Å². The quantitative estimate of drug-likeness (QED) is 0.386. The van der Waals surface area contributed by atoms with Crippen molar-refractivity contribution in [1.82, 2.24) is 0 Å². The molecule has 3 N–H and O–H groups in total. The summed E-state index contributed by atoms with van der Waals surface area (Å²) >= 11 is 0. The third-order valence-corrected chi connectivity index (χ3v) is 0.288. The maximum Gasteiger partial charge on any atom is 0.178 e. The molecule has 0 aliphatic carbocycles. The van der Waals surface area contributed by atoms with E-state index < -0.39 is 5.79 Å². The Balaban J connectivity index is 0. The lowest BCUT2D eigenvalue weighted by Crippen LogP contribution is -2.26.